The number of nitrogens with one attached hydrogen (secondary N) is 1. The average Bonchev–Trinajstić information content (AvgIpc) is 2.56. The summed E-state index contributed by atoms with van der Waals surface area (Å²) in [6, 6.07) is 1.41. The third-order valence-corrected chi connectivity index (χ3v) is 2.57. The van der Waals surface area contributed by atoms with Gasteiger partial charge < -0.3 is 20.7 Å². The number of carbonyl (C=O) groups is 1. The Bertz CT molecular complexity index is 385. The van der Waals surface area contributed by atoms with Gasteiger partial charge in [-0.2, -0.15) is 0 Å². The molecule has 17 heavy (non-hydrogen) atoms. The Balaban J connectivity index is 2.67. The molecular weight excluding hydrogens is 218 g/mol. The van der Waals surface area contributed by atoms with Crippen LogP contribution in [0.3, 0.4) is 0 Å². The van der Waals surface area contributed by atoms with Gasteiger partial charge in [0.1, 0.15) is 5.69 Å². The van der Waals surface area contributed by atoms with Crippen LogP contribution in [-0.4, -0.2) is 28.2 Å². The lowest BCUT2D eigenvalue weighted by molar-refractivity contribution is 0.0900. The molecule has 0 radical (unpaired) electrons. The molecule has 0 aromatic carbocycles. The minimum absolute atomic E-state index is 0.0518. The van der Waals surface area contributed by atoms with E-state index in [4.69, 9.17) is 5.73 Å². The normalized spacial score (nSPS) is 12.8. The van der Waals surface area contributed by atoms with Crippen molar-refractivity contribution in [3.8, 4) is 0 Å². The molecule has 5 heteroatoms. The Hall–Kier alpha value is -1.49. The topological polar surface area (TPSA) is 80.3 Å². The Kier molecular flexibility index (Phi) is 4.57. The molecule has 0 saturated carbocycles. The minimum atomic E-state index is -0.210. The number of nitrogens with zero attached hydrogens (tertiary/aromatic N) is 1. The lowest BCUT2D eigenvalue weighted by atomic mass is 10.0. The van der Waals surface area contributed by atoms with Crippen LogP contribution in [0.15, 0.2) is 12.3 Å². The fraction of sp³-hybridized carbons (Fsp3) is 0.583. The monoisotopic (exact) mass is 239 g/mol. The summed E-state index contributed by atoms with van der Waals surface area (Å²) in [6.07, 6.45) is 2.44. The Morgan fingerprint density at radius 3 is 2.65 bits per heavy atom. The predicted octanol–water partition coefficient (Wildman–Crippen LogP) is 0.744. The molecule has 1 amide bonds. The Labute approximate surface area is 102 Å². The highest BCUT2D eigenvalue weighted by Gasteiger charge is 2.16. The van der Waals surface area contributed by atoms with E-state index in [1.165, 1.54) is 0 Å². The SMILES string of the molecule is CC(C)CC(CO)NC(=O)c1cc(N)cn1C. The molecule has 0 bridgehead atoms. The van der Waals surface area contributed by atoms with Crippen LogP contribution in [0.5, 0.6) is 0 Å². The van der Waals surface area contributed by atoms with Crippen molar-refractivity contribution in [3.05, 3.63) is 18.0 Å². The van der Waals surface area contributed by atoms with Crippen molar-refractivity contribution in [1.29, 1.82) is 0 Å². The maximum atomic E-state index is 11.9. The van der Waals surface area contributed by atoms with E-state index in [9.17, 15) is 9.90 Å². The van der Waals surface area contributed by atoms with Gasteiger partial charge in [-0.25, -0.2) is 0 Å². The second-order valence-corrected chi connectivity index (χ2v) is 4.75. The van der Waals surface area contributed by atoms with Gasteiger partial charge in [0.25, 0.3) is 5.91 Å². The van der Waals surface area contributed by atoms with Gasteiger partial charge in [-0.1, -0.05) is 13.8 Å². The number of rotatable bonds is 5. The van der Waals surface area contributed by atoms with E-state index in [0.29, 0.717) is 17.3 Å². The van der Waals surface area contributed by atoms with E-state index in [2.05, 4.69) is 19.2 Å². The first kappa shape index (κ1) is 13.6. The summed E-state index contributed by atoms with van der Waals surface area (Å²) < 4.78 is 1.68. The van der Waals surface area contributed by atoms with E-state index in [1.807, 2.05) is 0 Å². The van der Waals surface area contributed by atoms with Crippen LogP contribution in [0.1, 0.15) is 30.8 Å². The van der Waals surface area contributed by atoms with Crippen LogP contribution in [0.2, 0.25) is 0 Å². The number of nitrogen functional groups attached to an aromatic ring is 1. The molecule has 1 aromatic heterocycles. The largest absolute Gasteiger partial charge is 0.397 e. The third kappa shape index (κ3) is 3.78. The number of aryl methyl sites for hydroxylation is 1. The number of aliphatic hydroxyl groups is 1. The molecule has 1 aromatic rings. The second-order valence-electron chi connectivity index (χ2n) is 4.75. The van der Waals surface area contributed by atoms with Crippen LogP contribution in [0.4, 0.5) is 5.69 Å². The lowest BCUT2D eigenvalue weighted by Gasteiger charge is -2.18. The number of amides is 1. The number of aliphatic hydroxyl groups excluding tert-OH is 1. The number of hydrogen-bond donors (Lipinski definition) is 3. The summed E-state index contributed by atoms with van der Waals surface area (Å²) in [5.74, 6) is 0.217. The van der Waals surface area contributed by atoms with Crippen LogP contribution >= 0.6 is 0 Å². The van der Waals surface area contributed by atoms with Crippen molar-refractivity contribution in [1.82, 2.24) is 9.88 Å². The first-order chi connectivity index (χ1) is 7.93. The van der Waals surface area contributed by atoms with Crippen LogP contribution in [0.25, 0.3) is 0 Å². The summed E-state index contributed by atoms with van der Waals surface area (Å²) in [5, 5.41) is 12.0. The lowest BCUT2D eigenvalue weighted by Crippen LogP contribution is -2.39. The molecule has 0 aliphatic rings. The molecule has 0 fully saturated rings. The maximum Gasteiger partial charge on any atom is 0.268 e. The predicted molar refractivity (Wildman–Crippen MR) is 67.6 cm³/mol. The number of carbonyl (C=O) groups excluding carboxylic acids is 1. The van der Waals surface area contributed by atoms with Gasteiger partial charge in [-0.05, 0) is 18.4 Å². The molecular formula is C12H21N3O2. The zero-order chi connectivity index (χ0) is 13.0. The number of anilines is 1. The van der Waals surface area contributed by atoms with Crippen molar-refractivity contribution < 1.29 is 9.90 Å². The first-order valence-corrected chi connectivity index (χ1v) is 5.77. The second kappa shape index (κ2) is 5.72. The maximum absolute atomic E-state index is 11.9. The van der Waals surface area contributed by atoms with Crippen molar-refractivity contribution in [2.45, 2.75) is 26.3 Å². The number of nitrogens with two attached hydrogens (primary N) is 1. The average molecular weight is 239 g/mol. The molecule has 0 aliphatic heterocycles. The standard InChI is InChI=1S/C12H21N3O2/c1-8(2)4-10(7-16)14-12(17)11-5-9(13)6-15(11)3/h5-6,8,10,16H,4,7,13H2,1-3H3,(H,14,17). The van der Waals surface area contributed by atoms with Crippen LogP contribution in [0, 0.1) is 5.92 Å². The minimum Gasteiger partial charge on any atom is -0.397 e. The summed E-state index contributed by atoms with van der Waals surface area (Å²) in [4.78, 5) is 11.9. The van der Waals surface area contributed by atoms with E-state index in [1.54, 1.807) is 23.9 Å². The van der Waals surface area contributed by atoms with Gasteiger partial charge in [0, 0.05) is 13.2 Å². The smallest absolute Gasteiger partial charge is 0.268 e. The zero-order valence-corrected chi connectivity index (χ0v) is 10.6. The van der Waals surface area contributed by atoms with E-state index < -0.39 is 0 Å². The quantitative estimate of drug-likeness (QED) is 0.709. The highest BCUT2D eigenvalue weighted by Crippen LogP contribution is 2.10. The van der Waals surface area contributed by atoms with Crippen molar-refractivity contribution in [2.75, 3.05) is 12.3 Å². The molecule has 4 N–H and O–H groups in total. The third-order valence-electron chi connectivity index (χ3n) is 2.57. The van der Waals surface area contributed by atoms with Gasteiger partial charge in [-0.3, -0.25) is 4.79 Å². The molecule has 1 unspecified atom stereocenters. The fourth-order valence-corrected chi connectivity index (χ4v) is 1.82. The zero-order valence-electron chi connectivity index (χ0n) is 10.6. The number of aromatic nitrogens is 1. The molecule has 5 nitrogen and oxygen atoms in total. The van der Waals surface area contributed by atoms with E-state index in [-0.39, 0.29) is 18.6 Å². The van der Waals surface area contributed by atoms with Gasteiger partial charge in [0.2, 0.25) is 0 Å². The van der Waals surface area contributed by atoms with E-state index in [0.717, 1.165) is 6.42 Å². The Morgan fingerprint density at radius 2 is 2.24 bits per heavy atom. The molecule has 1 heterocycles. The van der Waals surface area contributed by atoms with E-state index >= 15 is 0 Å². The molecule has 0 aliphatic carbocycles. The van der Waals surface area contributed by atoms with Gasteiger partial charge in [-0.15, -0.1) is 0 Å². The van der Waals surface area contributed by atoms with Gasteiger partial charge in [0.05, 0.1) is 18.3 Å². The van der Waals surface area contributed by atoms with Gasteiger partial charge in [0.15, 0.2) is 0 Å². The first-order valence-electron chi connectivity index (χ1n) is 5.77. The summed E-state index contributed by atoms with van der Waals surface area (Å²) >= 11 is 0. The molecule has 96 valence electrons. The van der Waals surface area contributed by atoms with Crippen LogP contribution in [-0.2, 0) is 7.05 Å². The molecule has 1 rings (SSSR count). The number of hydrogen-bond acceptors (Lipinski definition) is 3. The summed E-state index contributed by atoms with van der Waals surface area (Å²) in [6.45, 7) is 4.05. The molecule has 1 atom stereocenters. The summed E-state index contributed by atoms with van der Waals surface area (Å²) in [5.41, 5.74) is 6.67. The summed E-state index contributed by atoms with van der Waals surface area (Å²) in [7, 11) is 1.77. The highest BCUT2D eigenvalue weighted by atomic mass is 16.3. The van der Waals surface area contributed by atoms with Crippen molar-refractivity contribution in [3.63, 3.8) is 0 Å². The fourth-order valence-electron chi connectivity index (χ4n) is 1.82. The molecule has 0 saturated heterocycles. The Morgan fingerprint density at radius 1 is 1.59 bits per heavy atom. The van der Waals surface area contributed by atoms with Crippen molar-refractivity contribution in [2.24, 2.45) is 13.0 Å². The highest BCUT2D eigenvalue weighted by molar-refractivity contribution is 5.93. The van der Waals surface area contributed by atoms with Crippen molar-refractivity contribution >= 4 is 11.6 Å². The van der Waals surface area contributed by atoms with Crippen LogP contribution < -0.4 is 11.1 Å². The van der Waals surface area contributed by atoms with Gasteiger partial charge >= 0.3 is 0 Å². The molecule has 0 spiro atoms.